The molecule has 22 heavy (non-hydrogen) atoms. The molecule has 7 heteroatoms. The third-order valence-electron chi connectivity index (χ3n) is 3.88. The summed E-state index contributed by atoms with van der Waals surface area (Å²) in [5.41, 5.74) is 5.40. The molecule has 2 heterocycles. The molecular formula is C15H16FN3O3. The molecule has 6 nitrogen and oxygen atoms in total. The number of hydrogen-bond donors (Lipinski definition) is 2. The zero-order valence-corrected chi connectivity index (χ0v) is 11.7. The monoisotopic (exact) mass is 305 g/mol. The van der Waals surface area contributed by atoms with Gasteiger partial charge in [0, 0.05) is 18.5 Å². The van der Waals surface area contributed by atoms with E-state index < -0.39 is 18.0 Å². The fourth-order valence-electron chi connectivity index (χ4n) is 2.82. The van der Waals surface area contributed by atoms with Crippen molar-refractivity contribution >= 4 is 5.82 Å². The smallest absolute Gasteiger partial charge is 0.351 e. The lowest BCUT2D eigenvalue weighted by Crippen LogP contribution is -2.27. The van der Waals surface area contributed by atoms with Crippen LogP contribution in [0, 0.1) is 5.82 Å². The van der Waals surface area contributed by atoms with Gasteiger partial charge in [-0.1, -0.05) is 18.2 Å². The van der Waals surface area contributed by atoms with Crippen LogP contribution in [0.25, 0.3) is 0 Å². The molecule has 116 valence electrons. The van der Waals surface area contributed by atoms with Crippen LogP contribution in [-0.2, 0) is 4.74 Å². The first-order valence-electron chi connectivity index (χ1n) is 6.95. The van der Waals surface area contributed by atoms with Crippen molar-refractivity contribution in [1.29, 1.82) is 0 Å². The summed E-state index contributed by atoms with van der Waals surface area (Å²) in [5, 5.41) is 9.50. The lowest BCUT2D eigenvalue weighted by Gasteiger charge is -2.16. The number of anilines is 1. The highest BCUT2D eigenvalue weighted by atomic mass is 19.1. The zero-order valence-electron chi connectivity index (χ0n) is 11.7. The molecular weight excluding hydrogens is 289 g/mol. The van der Waals surface area contributed by atoms with Crippen molar-refractivity contribution in [3.63, 3.8) is 0 Å². The molecule has 0 radical (unpaired) electrons. The van der Waals surface area contributed by atoms with Gasteiger partial charge in [0.2, 0.25) is 0 Å². The van der Waals surface area contributed by atoms with Crippen molar-refractivity contribution in [1.82, 2.24) is 9.55 Å². The highest BCUT2D eigenvalue weighted by Gasteiger charge is 2.38. The number of aliphatic hydroxyl groups is 1. The molecule has 1 aromatic heterocycles. The van der Waals surface area contributed by atoms with E-state index in [1.54, 1.807) is 18.2 Å². The van der Waals surface area contributed by atoms with Gasteiger partial charge in [-0.25, -0.2) is 9.18 Å². The Morgan fingerprint density at radius 1 is 1.41 bits per heavy atom. The standard InChI is InChI=1S/C15H16FN3O3/c16-11-4-2-1-3-9(11)10-7-14(22-12(10)8-20)19-6-5-13(17)18-15(19)21/h1-6,10,12,14,20H,7-8H2,(H2,17,18,21)/t10-,12+,14+/m0/s1. The normalized spacial score (nSPS) is 24.5. The Kier molecular flexibility index (Phi) is 3.91. The SMILES string of the molecule is Nc1ccn([C@H]2C[C@@H](c3ccccc3F)[C@@H](CO)O2)c(=O)n1. The number of nitrogens with zero attached hydrogens (tertiary/aromatic N) is 2. The van der Waals surface area contributed by atoms with E-state index in [4.69, 9.17) is 10.5 Å². The maximum Gasteiger partial charge on any atom is 0.351 e. The first-order chi connectivity index (χ1) is 10.6. The molecule has 1 fully saturated rings. The van der Waals surface area contributed by atoms with Gasteiger partial charge in [-0.05, 0) is 17.7 Å². The third-order valence-corrected chi connectivity index (χ3v) is 3.88. The topological polar surface area (TPSA) is 90.4 Å². The fraction of sp³-hybridized carbons (Fsp3) is 0.333. The second kappa shape index (κ2) is 5.86. The van der Waals surface area contributed by atoms with Crippen molar-refractivity contribution < 1.29 is 14.2 Å². The number of nitrogens with two attached hydrogens (primary N) is 1. The molecule has 3 N–H and O–H groups in total. The van der Waals surface area contributed by atoms with Crippen molar-refractivity contribution in [2.75, 3.05) is 12.3 Å². The van der Waals surface area contributed by atoms with Crippen LogP contribution < -0.4 is 11.4 Å². The predicted molar refractivity (Wildman–Crippen MR) is 77.7 cm³/mol. The van der Waals surface area contributed by atoms with Gasteiger partial charge in [-0.2, -0.15) is 4.98 Å². The van der Waals surface area contributed by atoms with E-state index in [-0.39, 0.29) is 24.2 Å². The molecule has 1 aromatic carbocycles. The maximum atomic E-state index is 14.0. The molecule has 0 bridgehead atoms. The number of aliphatic hydroxyl groups excluding tert-OH is 1. The molecule has 1 saturated heterocycles. The largest absolute Gasteiger partial charge is 0.394 e. The fourth-order valence-corrected chi connectivity index (χ4v) is 2.82. The Morgan fingerprint density at radius 3 is 2.86 bits per heavy atom. The number of hydrogen-bond acceptors (Lipinski definition) is 5. The number of rotatable bonds is 3. The summed E-state index contributed by atoms with van der Waals surface area (Å²) in [5.74, 6) is -0.553. The Hall–Kier alpha value is -2.25. The predicted octanol–water partition coefficient (Wildman–Crippen LogP) is 1.03. The minimum absolute atomic E-state index is 0.128. The van der Waals surface area contributed by atoms with Crippen LogP contribution >= 0.6 is 0 Å². The average molecular weight is 305 g/mol. The highest BCUT2D eigenvalue weighted by Crippen LogP contribution is 2.40. The van der Waals surface area contributed by atoms with Crippen LogP contribution in [0.3, 0.4) is 0 Å². The van der Waals surface area contributed by atoms with E-state index >= 15 is 0 Å². The second-order valence-electron chi connectivity index (χ2n) is 5.22. The summed E-state index contributed by atoms with van der Waals surface area (Å²) < 4.78 is 21.0. The van der Waals surface area contributed by atoms with Gasteiger partial charge < -0.3 is 15.6 Å². The lowest BCUT2D eigenvalue weighted by molar-refractivity contribution is -0.0276. The Labute approximate surface area is 126 Å². The Morgan fingerprint density at radius 2 is 2.18 bits per heavy atom. The maximum absolute atomic E-state index is 14.0. The minimum Gasteiger partial charge on any atom is -0.394 e. The lowest BCUT2D eigenvalue weighted by atomic mass is 9.92. The molecule has 0 unspecified atom stereocenters. The molecule has 0 saturated carbocycles. The van der Waals surface area contributed by atoms with Gasteiger partial charge in [-0.15, -0.1) is 0 Å². The van der Waals surface area contributed by atoms with Crippen LogP contribution in [0.5, 0.6) is 0 Å². The van der Waals surface area contributed by atoms with Crippen LogP contribution in [0.1, 0.15) is 24.1 Å². The molecule has 0 spiro atoms. The van der Waals surface area contributed by atoms with E-state index in [0.29, 0.717) is 12.0 Å². The highest BCUT2D eigenvalue weighted by molar-refractivity contribution is 5.25. The zero-order chi connectivity index (χ0) is 15.7. The van der Waals surface area contributed by atoms with Gasteiger partial charge >= 0.3 is 5.69 Å². The minimum atomic E-state index is -0.609. The number of ether oxygens (including phenoxy) is 1. The second-order valence-corrected chi connectivity index (χ2v) is 5.22. The van der Waals surface area contributed by atoms with Crippen LogP contribution in [0.4, 0.5) is 10.2 Å². The van der Waals surface area contributed by atoms with Crippen molar-refractivity contribution in [2.45, 2.75) is 24.7 Å². The van der Waals surface area contributed by atoms with E-state index in [2.05, 4.69) is 4.98 Å². The summed E-state index contributed by atoms with van der Waals surface area (Å²) in [6.45, 7) is -0.257. The van der Waals surface area contributed by atoms with E-state index in [9.17, 15) is 14.3 Å². The van der Waals surface area contributed by atoms with Crippen molar-refractivity contribution in [3.05, 3.63) is 58.4 Å². The van der Waals surface area contributed by atoms with E-state index in [0.717, 1.165) is 0 Å². The van der Waals surface area contributed by atoms with Gasteiger partial charge in [0.15, 0.2) is 0 Å². The van der Waals surface area contributed by atoms with Gasteiger partial charge in [-0.3, -0.25) is 4.57 Å². The van der Waals surface area contributed by atoms with Crippen LogP contribution in [0.15, 0.2) is 41.3 Å². The summed E-state index contributed by atoms with van der Waals surface area (Å²) in [7, 11) is 0. The molecule has 3 atom stereocenters. The molecule has 0 amide bonds. The van der Waals surface area contributed by atoms with Crippen LogP contribution in [-0.4, -0.2) is 27.4 Å². The summed E-state index contributed by atoms with van der Waals surface area (Å²) in [6, 6.07) is 7.87. The van der Waals surface area contributed by atoms with Crippen molar-refractivity contribution in [3.8, 4) is 0 Å². The number of nitrogen functional groups attached to an aromatic ring is 1. The Bertz CT molecular complexity index is 734. The number of halogens is 1. The Balaban J connectivity index is 1.92. The van der Waals surface area contributed by atoms with E-state index in [1.165, 1.54) is 22.9 Å². The van der Waals surface area contributed by atoms with Gasteiger partial charge in [0.25, 0.3) is 0 Å². The van der Waals surface area contributed by atoms with E-state index in [1.807, 2.05) is 0 Å². The summed E-state index contributed by atoms with van der Waals surface area (Å²) >= 11 is 0. The van der Waals surface area contributed by atoms with Crippen LogP contribution in [0.2, 0.25) is 0 Å². The first-order valence-corrected chi connectivity index (χ1v) is 6.95. The van der Waals surface area contributed by atoms with Crippen molar-refractivity contribution in [2.24, 2.45) is 0 Å². The molecule has 1 aliphatic rings. The summed E-state index contributed by atoms with van der Waals surface area (Å²) in [6.07, 6.45) is 0.680. The van der Waals surface area contributed by atoms with Gasteiger partial charge in [0.1, 0.15) is 17.9 Å². The number of aromatic nitrogens is 2. The van der Waals surface area contributed by atoms with Gasteiger partial charge in [0.05, 0.1) is 12.7 Å². The molecule has 2 aromatic rings. The molecule has 1 aliphatic heterocycles. The molecule has 3 rings (SSSR count). The quantitative estimate of drug-likeness (QED) is 0.884. The molecule has 0 aliphatic carbocycles. The third kappa shape index (κ3) is 2.60. The summed E-state index contributed by atoms with van der Waals surface area (Å²) in [4.78, 5) is 15.5. The first kappa shape index (κ1) is 14.7. The number of benzene rings is 1. The average Bonchev–Trinajstić information content (AvgIpc) is 2.91.